The Morgan fingerprint density at radius 3 is 1.48 bits per heavy atom. The van der Waals surface area contributed by atoms with Crippen molar-refractivity contribution < 1.29 is 26.2 Å². The smallest absolute Gasteiger partial charge is 0.358 e. The summed E-state index contributed by atoms with van der Waals surface area (Å²) < 4.78 is 0. The molecule has 6 rings (SSSR count). The summed E-state index contributed by atoms with van der Waals surface area (Å²) >= 11 is 0. The van der Waals surface area contributed by atoms with Gasteiger partial charge in [0.05, 0.1) is 0 Å². The zero-order valence-corrected chi connectivity index (χ0v) is 35.9. The molecular formula is C45H81Zr. The summed E-state index contributed by atoms with van der Waals surface area (Å²) in [6.07, 6.45) is 21.7. The second kappa shape index (κ2) is 15.2. The van der Waals surface area contributed by atoms with E-state index in [4.69, 9.17) is 0 Å². The fourth-order valence-electron chi connectivity index (χ4n) is 14.0. The van der Waals surface area contributed by atoms with Crippen molar-refractivity contribution >= 4 is 0 Å². The first-order chi connectivity index (χ1) is 20.0. The Kier molecular flexibility index (Phi) is 13.7. The molecule has 0 bridgehead atoms. The van der Waals surface area contributed by atoms with E-state index in [2.05, 4.69) is 76.2 Å². The van der Waals surface area contributed by atoms with Crippen LogP contribution in [0.15, 0.2) is 0 Å². The van der Waals surface area contributed by atoms with Crippen LogP contribution in [0.4, 0.5) is 0 Å². The van der Waals surface area contributed by atoms with Gasteiger partial charge in [-0.25, -0.2) is 0 Å². The van der Waals surface area contributed by atoms with Gasteiger partial charge in [-0.15, -0.1) is 0 Å². The monoisotopic (exact) mass is 712 g/mol. The SMILES string of the molecule is C[C-](C)C1CCC2C3CCC(C(C)(C)C)CC3C(CCC3C4CC5CC(C(C)(C)C)CCC5C4CCC3C(C)(C)C)C2C1.[CH3-].[CH3-].[Zr+3]. The standard InChI is InChI=1S/C43H75.2CH3.Zr/c1-26(2)27-12-15-33-34-17-14-30(42(6,7)8)25-39(34)35(37(33)23-27)18-19-36-38-24-28-22-29(41(3,4)5)13-16-31(28)32(38)20-21-40(36)43(9,10)11;;;/h27-40H,12-25H2,1-11H3;2*1H3;/q3*-1;+3. The van der Waals surface area contributed by atoms with Gasteiger partial charge in [-0.05, 0) is 164 Å². The van der Waals surface area contributed by atoms with Gasteiger partial charge in [-0.2, -0.15) is 19.8 Å². The minimum absolute atomic E-state index is 0. The molecule has 1 heteroatoms. The van der Waals surface area contributed by atoms with Gasteiger partial charge >= 0.3 is 26.2 Å². The minimum Gasteiger partial charge on any atom is -0.358 e. The summed E-state index contributed by atoms with van der Waals surface area (Å²) in [7, 11) is 0. The molecule has 0 N–H and O–H groups in total. The van der Waals surface area contributed by atoms with E-state index in [1.165, 1.54) is 25.7 Å². The molecule has 0 amide bonds. The number of rotatable bonds is 4. The van der Waals surface area contributed by atoms with E-state index in [0.717, 1.165) is 82.9 Å². The maximum atomic E-state index is 2.62. The predicted octanol–water partition coefficient (Wildman–Crippen LogP) is 13.8. The van der Waals surface area contributed by atoms with Crippen molar-refractivity contribution in [1.29, 1.82) is 0 Å². The van der Waals surface area contributed by atoms with E-state index in [0.29, 0.717) is 16.2 Å². The van der Waals surface area contributed by atoms with Crippen molar-refractivity contribution in [3.63, 3.8) is 0 Å². The van der Waals surface area contributed by atoms with Crippen LogP contribution in [0, 0.1) is 120 Å². The maximum absolute atomic E-state index is 2.62. The summed E-state index contributed by atoms with van der Waals surface area (Å²) in [6.45, 7) is 28.0. The van der Waals surface area contributed by atoms with Crippen molar-refractivity contribution in [2.75, 3.05) is 0 Å². The Morgan fingerprint density at radius 1 is 0.457 bits per heavy atom. The molecule has 14 unspecified atom stereocenters. The van der Waals surface area contributed by atoms with Crippen LogP contribution in [0.5, 0.6) is 0 Å². The molecule has 0 heterocycles. The van der Waals surface area contributed by atoms with Gasteiger partial charge < -0.3 is 20.8 Å². The summed E-state index contributed by atoms with van der Waals surface area (Å²) in [4.78, 5) is 0. The van der Waals surface area contributed by atoms with Crippen LogP contribution in [-0.2, 0) is 26.2 Å². The summed E-state index contributed by atoms with van der Waals surface area (Å²) in [5.74, 6) is 15.9. The van der Waals surface area contributed by atoms with Crippen LogP contribution < -0.4 is 0 Å². The zero-order chi connectivity index (χ0) is 31.1. The van der Waals surface area contributed by atoms with Crippen molar-refractivity contribution in [2.45, 2.75) is 166 Å². The number of hydrogen-bond acceptors (Lipinski definition) is 0. The first kappa shape index (κ1) is 41.3. The fraction of sp³-hybridized carbons (Fsp3) is 0.933. The molecule has 1 radical (unpaired) electrons. The summed E-state index contributed by atoms with van der Waals surface area (Å²) in [5, 5.41) is 0. The Bertz CT molecular complexity index is 942. The maximum Gasteiger partial charge on any atom is 3.00 e. The molecule has 6 saturated carbocycles. The van der Waals surface area contributed by atoms with Gasteiger partial charge in [0.2, 0.25) is 0 Å². The topological polar surface area (TPSA) is 0 Å². The van der Waals surface area contributed by atoms with E-state index < -0.39 is 0 Å². The second-order valence-electron chi connectivity index (χ2n) is 21.4. The molecule has 6 aliphatic rings. The Hall–Kier alpha value is 0.883. The molecule has 14 atom stereocenters. The van der Waals surface area contributed by atoms with Gasteiger partial charge in [0.15, 0.2) is 0 Å². The molecule has 0 spiro atoms. The Balaban J connectivity index is 0.00000192. The first-order valence-electron chi connectivity index (χ1n) is 19.8. The van der Waals surface area contributed by atoms with Gasteiger partial charge in [0.1, 0.15) is 0 Å². The van der Waals surface area contributed by atoms with E-state index >= 15 is 0 Å². The number of fused-ring (bicyclic) bond motifs is 6. The van der Waals surface area contributed by atoms with E-state index in [1.807, 2.05) is 0 Å². The van der Waals surface area contributed by atoms with Crippen molar-refractivity contribution in [3.05, 3.63) is 20.8 Å². The van der Waals surface area contributed by atoms with Crippen LogP contribution >= 0.6 is 0 Å². The van der Waals surface area contributed by atoms with Crippen LogP contribution in [0.1, 0.15) is 166 Å². The third kappa shape index (κ3) is 8.01. The van der Waals surface area contributed by atoms with Gasteiger partial charge in [-0.1, -0.05) is 81.6 Å². The van der Waals surface area contributed by atoms with E-state index in [-0.39, 0.29) is 41.1 Å². The number of hydrogen-bond donors (Lipinski definition) is 0. The molecule has 0 aromatic carbocycles. The molecule has 6 fully saturated rings. The normalized spacial score (nSPS) is 44.1. The second-order valence-corrected chi connectivity index (χ2v) is 21.4. The molecule has 46 heavy (non-hydrogen) atoms. The van der Waals surface area contributed by atoms with Crippen LogP contribution in [-0.4, -0.2) is 0 Å². The van der Waals surface area contributed by atoms with Crippen molar-refractivity contribution in [3.8, 4) is 0 Å². The Morgan fingerprint density at radius 2 is 0.913 bits per heavy atom. The van der Waals surface area contributed by atoms with Gasteiger partial charge in [0, 0.05) is 0 Å². The van der Waals surface area contributed by atoms with Crippen LogP contribution in [0.2, 0.25) is 0 Å². The molecular weight excluding hydrogens is 632 g/mol. The fourth-order valence-corrected chi connectivity index (χ4v) is 14.0. The average molecular weight is 713 g/mol. The molecule has 0 aliphatic heterocycles. The molecule has 6 aliphatic carbocycles. The molecule has 0 saturated heterocycles. The average Bonchev–Trinajstić information content (AvgIpc) is 3.44. The molecule has 0 aromatic heterocycles. The summed E-state index contributed by atoms with van der Waals surface area (Å²) in [6, 6.07) is 0. The largest absolute Gasteiger partial charge is 3.00 e. The molecule has 265 valence electrons. The molecule has 0 nitrogen and oxygen atoms in total. The third-order valence-electron chi connectivity index (χ3n) is 16.4. The minimum atomic E-state index is 0. The van der Waals surface area contributed by atoms with Gasteiger partial charge in [-0.3, -0.25) is 0 Å². The summed E-state index contributed by atoms with van der Waals surface area (Å²) in [5.41, 5.74) is 1.45. The van der Waals surface area contributed by atoms with Crippen LogP contribution in [0.3, 0.4) is 0 Å². The van der Waals surface area contributed by atoms with E-state index in [9.17, 15) is 0 Å². The zero-order valence-electron chi connectivity index (χ0n) is 33.5. The Labute approximate surface area is 310 Å². The van der Waals surface area contributed by atoms with Crippen molar-refractivity contribution in [1.82, 2.24) is 0 Å². The predicted molar refractivity (Wildman–Crippen MR) is 199 cm³/mol. The third-order valence-corrected chi connectivity index (χ3v) is 16.4. The van der Waals surface area contributed by atoms with Gasteiger partial charge in [0.25, 0.3) is 0 Å². The van der Waals surface area contributed by atoms with Crippen molar-refractivity contribution in [2.24, 2.45) is 99.1 Å². The molecule has 0 aromatic rings. The quantitative estimate of drug-likeness (QED) is 0.255. The van der Waals surface area contributed by atoms with E-state index in [1.54, 1.807) is 70.1 Å². The first-order valence-corrected chi connectivity index (χ1v) is 19.8. The van der Waals surface area contributed by atoms with Crippen LogP contribution in [0.25, 0.3) is 0 Å².